The monoisotopic (exact) mass is 298 g/mol. The molecule has 0 amide bonds. The first-order chi connectivity index (χ1) is 8.13. The van der Waals surface area contributed by atoms with E-state index in [-0.39, 0.29) is 0 Å². The van der Waals surface area contributed by atoms with E-state index >= 15 is 0 Å². The van der Waals surface area contributed by atoms with E-state index in [9.17, 15) is 4.79 Å². The number of carbonyl (C=O) groups is 1. The van der Waals surface area contributed by atoms with Crippen molar-refractivity contribution in [2.75, 3.05) is 0 Å². The minimum atomic E-state index is 0.445. The number of hydrogen-bond donors (Lipinski definition) is 0. The van der Waals surface area contributed by atoms with Gasteiger partial charge in [0.25, 0.3) is 0 Å². The molecule has 4 atom stereocenters. The highest BCUT2D eigenvalue weighted by atomic mass is 79.9. The highest BCUT2D eigenvalue weighted by Gasteiger charge is 2.50. The van der Waals surface area contributed by atoms with E-state index in [0.29, 0.717) is 11.3 Å². The molecule has 0 aliphatic heterocycles. The standard InChI is InChI=1S/C15H23BrO/c1-11(7-9-17)13-5-6-14-12(10-16)4-3-8-15(13,14)2/h9-11,13-14H,3-8H2,1-2H3/t11-,13-,14?,15-/m1/s1. The highest BCUT2D eigenvalue weighted by Crippen LogP contribution is 2.59. The van der Waals surface area contributed by atoms with E-state index in [0.717, 1.165) is 24.5 Å². The van der Waals surface area contributed by atoms with Crippen LogP contribution in [0.3, 0.4) is 0 Å². The fourth-order valence-electron chi connectivity index (χ4n) is 4.46. The lowest BCUT2D eigenvalue weighted by atomic mass is 9.61. The first-order valence-corrected chi connectivity index (χ1v) is 7.78. The molecule has 2 fully saturated rings. The number of aldehydes is 1. The minimum absolute atomic E-state index is 0.445. The molecular formula is C15H23BrO. The Morgan fingerprint density at radius 2 is 2.29 bits per heavy atom. The van der Waals surface area contributed by atoms with Crippen LogP contribution in [0.1, 0.15) is 52.4 Å². The van der Waals surface area contributed by atoms with Crippen LogP contribution in [0.5, 0.6) is 0 Å². The predicted molar refractivity (Wildman–Crippen MR) is 75.0 cm³/mol. The molecule has 96 valence electrons. The fourth-order valence-corrected chi connectivity index (χ4v) is 5.01. The number of fused-ring (bicyclic) bond motifs is 1. The third kappa shape index (κ3) is 2.25. The molecule has 2 aliphatic carbocycles. The predicted octanol–water partition coefficient (Wildman–Crippen LogP) is 4.71. The van der Waals surface area contributed by atoms with Crippen molar-refractivity contribution >= 4 is 22.2 Å². The second kappa shape index (κ2) is 5.26. The summed E-state index contributed by atoms with van der Waals surface area (Å²) in [6.07, 6.45) is 8.39. The van der Waals surface area contributed by atoms with Crippen LogP contribution in [-0.4, -0.2) is 6.29 Å². The van der Waals surface area contributed by atoms with Gasteiger partial charge < -0.3 is 4.79 Å². The van der Waals surface area contributed by atoms with Gasteiger partial charge in [0.05, 0.1) is 0 Å². The van der Waals surface area contributed by atoms with Crippen LogP contribution in [0, 0.1) is 23.2 Å². The van der Waals surface area contributed by atoms with Crippen molar-refractivity contribution in [3.05, 3.63) is 10.6 Å². The van der Waals surface area contributed by atoms with Gasteiger partial charge in [-0.3, -0.25) is 0 Å². The lowest BCUT2D eigenvalue weighted by molar-refractivity contribution is -0.109. The molecule has 0 aromatic rings. The zero-order valence-electron chi connectivity index (χ0n) is 10.9. The Kier molecular flexibility index (Phi) is 4.12. The van der Waals surface area contributed by atoms with Gasteiger partial charge >= 0.3 is 0 Å². The van der Waals surface area contributed by atoms with Crippen LogP contribution in [-0.2, 0) is 4.79 Å². The van der Waals surface area contributed by atoms with Gasteiger partial charge in [-0.15, -0.1) is 0 Å². The van der Waals surface area contributed by atoms with E-state index in [1.54, 1.807) is 5.57 Å². The number of carbonyl (C=O) groups excluding carboxylic acids is 1. The summed E-state index contributed by atoms with van der Waals surface area (Å²) in [4.78, 5) is 12.9. The summed E-state index contributed by atoms with van der Waals surface area (Å²) < 4.78 is 0. The van der Waals surface area contributed by atoms with E-state index < -0.39 is 0 Å². The maximum Gasteiger partial charge on any atom is 0.120 e. The fraction of sp³-hybridized carbons (Fsp3) is 0.800. The highest BCUT2D eigenvalue weighted by molar-refractivity contribution is 9.11. The summed E-state index contributed by atoms with van der Waals surface area (Å²) in [6.45, 7) is 4.73. The SMILES string of the molecule is C[C@H](CC=O)[C@H]1CCC2C(=CBr)CCC[C@@]21C. The smallest absolute Gasteiger partial charge is 0.120 e. The lowest BCUT2D eigenvalue weighted by Gasteiger charge is -2.44. The van der Waals surface area contributed by atoms with E-state index in [2.05, 4.69) is 34.8 Å². The molecular weight excluding hydrogens is 276 g/mol. The van der Waals surface area contributed by atoms with Crippen LogP contribution in [0.25, 0.3) is 0 Å². The average molecular weight is 299 g/mol. The van der Waals surface area contributed by atoms with Crippen LogP contribution >= 0.6 is 15.9 Å². The van der Waals surface area contributed by atoms with Crippen molar-refractivity contribution < 1.29 is 4.79 Å². The van der Waals surface area contributed by atoms with Crippen LogP contribution < -0.4 is 0 Å². The van der Waals surface area contributed by atoms with Crippen molar-refractivity contribution in [2.45, 2.75) is 52.4 Å². The molecule has 0 aromatic carbocycles. The molecule has 2 rings (SSSR count). The summed E-state index contributed by atoms with van der Waals surface area (Å²) in [5, 5.41) is 0. The Hall–Kier alpha value is -0.110. The summed E-state index contributed by atoms with van der Waals surface area (Å²) in [5.41, 5.74) is 2.06. The third-order valence-electron chi connectivity index (χ3n) is 5.33. The van der Waals surface area contributed by atoms with E-state index in [4.69, 9.17) is 0 Å². The molecule has 0 saturated heterocycles. The van der Waals surface area contributed by atoms with Gasteiger partial charge in [0.2, 0.25) is 0 Å². The van der Waals surface area contributed by atoms with Crippen molar-refractivity contribution in [1.82, 2.24) is 0 Å². The Labute approximate surface area is 113 Å². The van der Waals surface area contributed by atoms with Gasteiger partial charge in [-0.25, -0.2) is 0 Å². The minimum Gasteiger partial charge on any atom is -0.303 e. The Morgan fingerprint density at radius 3 is 2.94 bits per heavy atom. The first kappa shape index (κ1) is 13.3. The zero-order chi connectivity index (χ0) is 12.5. The van der Waals surface area contributed by atoms with Gasteiger partial charge in [-0.1, -0.05) is 35.4 Å². The molecule has 0 N–H and O–H groups in total. The van der Waals surface area contributed by atoms with Crippen LogP contribution in [0.2, 0.25) is 0 Å². The first-order valence-electron chi connectivity index (χ1n) is 6.86. The Morgan fingerprint density at radius 1 is 1.53 bits per heavy atom. The summed E-state index contributed by atoms with van der Waals surface area (Å²) in [5.74, 6) is 2.05. The maximum absolute atomic E-state index is 10.7. The average Bonchev–Trinajstić information content (AvgIpc) is 2.66. The van der Waals surface area contributed by atoms with Gasteiger partial charge in [0, 0.05) is 6.42 Å². The molecule has 1 unspecified atom stereocenters. The van der Waals surface area contributed by atoms with E-state index in [1.165, 1.54) is 32.1 Å². The Balaban J connectivity index is 2.20. The number of rotatable bonds is 3. The molecule has 0 bridgehead atoms. The molecule has 0 radical (unpaired) electrons. The maximum atomic E-state index is 10.7. The third-order valence-corrected chi connectivity index (χ3v) is 5.92. The van der Waals surface area contributed by atoms with Gasteiger partial charge in [-0.05, 0) is 60.3 Å². The van der Waals surface area contributed by atoms with Crippen molar-refractivity contribution in [3.63, 3.8) is 0 Å². The molecule has 2 aliphatic rings. The van der Waals surface area contributed by atoms with Crippen LogP contribution in [0.15, 0.2) is 10.6 Å². The van der Waals surface area contributed by atoms with Gasteiger partial charge in [0.1, 0.15) is 6.29 Å². The van der Waals surface area contributed by atoms with Gasteiger partial charge in [-0.2, -0.15) is 0 Å². The zero-order valence-corrected chi connectivity index (χ0v) is 12.5. The lowest BCUT2D eigenvalue weighted by Crippen LogP contribution is -2.36. The summed E-state index contributed by atoms with van der Waals surface area (Å²) >= 11 is 3.54. The second-order valence-corrected chi connectivity index (χ2v) is 6.62. The normalized spacial score (nSPS) is 41.2. The van der Waals surface area contributed by atoms with Crippen LogP contribution in [0.4, 0.5) is 0 Å². The Bertz CT molecular complexity index is 323. The van der Waals surface area contributed by atoms with E-state index in [1.807, 2.05) is 0 Å². The largest absolute Gasteiger partial charge is 0.303 e. The molecule has 2 saturated carbocycles. The molecule has 17 heavy (non-hydrogen) atoms. The second-order valence-electron chi connectivity index (χ2n) is 6.16. The molecule has 2 heteroatoms. The molecule has 0 heterocycles. The van der Waals surface area contributed by atoms with Crippen molar-refractivity contribution in [2.24, 2.45) is 23.2 Å². The topological polar surface area (TPSA) is 17.1 Å². The number of halogens is 1. The quantitative estimate of drug-likeness (QED) is 0.690. The van der Waals surface area contributed by atoms with Gasteiger partial charge in [0.15, 0.2) is 0 Å². The molecule has 0 spiro atoms. The van der Waals surface area contributed by atoms with Crippen molar-refractivity contribution in [1.29, 1.82) is 0 Å². The molecule has 1 nitrogen and oxygen atoms in total. The number of hydrogen-bond acceptors (Lipinski definition) is 1. The summed E-state index contributed by atoms with van der Waals surface area (Å²) in [6, 6.07) is 0. The number of allylic oxidation sites excluding steroid dienone is 1. The molecule has 0 aromatic heterocycles. The van der Waals surface area contributed by atoms with Crippen molar-refractivity contribution in [3.8, 4) is 0 Å². The summed E-state index contributed by atoms with van der Waals surface area (Å²) in [7, 11) is 0.